The Balaban J connectivity index is 2.20. The van der Waals surface area contributed by atoms with E-state index in [1.807, 2.05) is 0 Å². The molecule has 2 nitrogen and oxygen atoms in total. The van der Waals surface area contributed by atoms with Crippen LogP contribution in [0.5, 0.6) is 0 Å². The fourth-order valence-corrected chi connectivity index (χ4v) is 3.10. The fourth-order valence-electron chi connectivity index (χ4n) is 3.10. The van der Waals surface area contributed by atoms with E-state index in [-0.39, 0.29) is 0 Å². The predicted molar refractivity (Wildman–Crippen MR) is 92.7 cm³/mol. The molecule has 1 heterocycles. The van der Waals surface area contributed by atoms with Crippen LogP contribution in [0.3, 0.4) is 0 Å². The van der Waals surface area contributed by atoms with E-state index < -0.39 is 0 Å². The Bertz CT molecular complexity index is 488. The van der Waals surface area contributed by atoms with Crippen LogP contribution in [-0.4, -0.2) is 23.0 Å². The highest BCUT2D eigenvalue weighted by Crippen LogP contribution is 2.27. The fraction of sp³-hybridized carbons (Fsp3) is 0.579. The average molecular weight is 286 g/mol. The maximum absolute atomic E-state index is 3.64. The highest BCUT2D eigenvalue weighted by Gasteiger charge is 2.19. The lowest BCUT2D eigenvalue weighted by molar-refractivity contribution is 0.183. The summed E-state index contributed by atoms with van der Waals surface area (Å²) >= 11 is 0. The van der Waals surface area contributed by atoms with Crippen molar-refractivity contribution in [3.8, 4) is 0 Å². The van der Waals surface area contributed by atoms with Crippen molar-refractivity contribution in [2.45, 2.75) is 58.9 Å². The maximum Gasteiger partial charge on any atom is 0.0496 e. The zero-order valence-corrected chi connectivity index (χ0v) is 13.9. The number of unbranched alkanes of at least 4 members (excludes halogenated alkanes) is 2. The summed E-state index contributed by atoms with van der Waals surface area (Å²) in [5, 5.41) is 1.33. The number of benzene rings is 1. The Morgan fingerprint density at radius 2 is 1.67 bits per heavy atom. The predicted octanol–water partition coefficient (Wildman–Crippen LogP) is 5.52. The summed E-state index contributed by atoms with van der Waals surface area (Å²) in [5.74, 6) is 0. The van der Waals surface area contributed by atoms with Crippen molar-refractivity contribution in [3.63, 3.8) is 0 Å². The van der Waals surface area contributed by atoms with E-state index in [1.54, 1.807) is 0 Å². The number of fused-ring (bicyclic) bond motifs is 1. The standard InChI is InChI=1S/C19H30N2/c1-4-7-13-21(14-8-5-2)19(6-3)18-15-16-11-9-10-12-17(16)20-18/h9-12,15,19-20H,4-8,13-14H2,1-3H3. The van der Waals surface area contributed by atoms with Gasteiger partial charge in [-0.15, -0.1) is 0 Å². The number of rotatable bonds is 9. The van der Waals surface area contributed by atoms with Gasteiger partial charge in [-0.25, -0.2) is 0 Å². The van der Waals surface area contributed by atoms with E-state index in [2.05, 4.69) is 61.0 Å². The second kappa shape index (κ2) is 8.23. The second-order valence-corrected chi connectivity index (χ2v) is 5.98. The van der Waals surface area contributed by atoms with Gasteiger partial charge in [0.25, 0.3) is 0 Å². The van der Waals surface area contributed by atoms with E-state index in [4.69, 9.17) is 0 Å². The summed E-state index contributed by atoms with van der Waals surface area (Å²) in [7, 11) is 0. The molecule has 1 unspecified atom stereocenters. The summed E-state index contributed by atoms with van der Waals surface area (Å²) in [4.78, 5) is 6.32. The smallest absolute Gasteiger partial charge is 0.0496 e. The molecular weight excluding hydrogens is 256 g/mol. The molecule has 0 radical (unpaired) electrons. The number of aromatic amines is 1. The molecule has 0 aliphatic rings. The molecule has 0 spiro atoms. The summed E-state index contributed by atoms with van der Waals surface area (Å²) < 4.78 is 0. The Hall–Kier alpha value is -1.28. The van der Waals surface area contributed by atoms with E-state index in [0.29, 0.717) is 6.04 Å². The van der Waals surface area contributed by atoms with Crippen LogP contribution >= 0.6 is 0 Å². The molecule has 1 N–H and O–H groups in total. The molecule has 1 atom stereocenters. The monoisotopic (exact) mass is 286 g/mol. The van der Waals surface area contributed by atoms with Gasteiger partial charge in [0.1, 0.15) is 0 Å². The Morgan fingerprint density at radius 1 is 1.00 bits per heavy atom. The normalized spacial score (nSPS) is 13.1. The van der Waals surface area contributed by atoms with Gasteiger partial charge in [-0.1, -0.05) is 51.8 Å². The van der Waals surface area contributed by atoms with Crippen LogP contribution in [0.1, 0.15) is 64.6 Å². The summed E-state index contributed by atoms with van der Waals surface area (Å²) in [6.45, 7) is 9.29. The van der Waals surface area contributed by atoms with Gasteiger partial charge in [0.05, 0.1) is 0 Å². The zero-order valence-electron chi connectivity index (χ0n) is 13.9. The van der Waals surface area contributed by atoms with Crippen molar-refractivity contribution in [1.82, 2.24) is 9.88 Å². The number of nitrogens with one attached hydrogen (secondary N) is 1. The molecule has 0 amide bonds. The lowest BCUT2D eigenvalue weighted by Gasteiger charge is -2.30. The third-order valence-electron chi connectivity index (χ3n) is 4.34. The largest absolute Gasteiger partial charge is 0.357 e. The van der Waals surface area contributed by atoms with Gasteiger partial charge in [0.2, 0.25) is 0 Å². The Kier molecular flexibility index (Phi) is 6.31. The van der Waals surface area contributed by atoms with E-state index in [9.17, 15) is 0 Å². The molecule has 0 aliphatic heterocycles. The van der Waals surface area contributed by atoms with Crippen molar-refractivity contribution in [1.29, 1.82) is 0 Å². The molecular formula is C19H30N2. The van der Waals surface area contributed by atoms with Crippen LogP contribution in [0.25, 0.3) is 10.9 Å². The van der Waals surface area contributed by atoms with Crippen LogP contribution < -0.4 is 0 Å². The molecule has 0 aliphatic carbocycles. The Morgan fingerprint density at radius 3 is 2.24 bits per heavy atom. The van der Waals surface area contributed by atoms with Gasteiger partial charge < -0.3 is 4.98 Å². The highest BCUT2D eigenvalue weighted by atomic mass is 15.2. The average Bonchev–Trinajstić information content (AvgIpc) is 2.93. The lowest BCUT2D eigenvalue weighted by atomic mass is 10.1. The number of aromatic nitrogens is 1. The van der Waals surface area contributed by atoms with Crippen molar-refractivity contribution < 1.29 is 0 Å². The van der Waals surface area contributed by atoms with Gasteiger partial charge >= 0.3 is 0 Å². The van der Waals surface area contributed by atoms with Gasteiger partial charge in [0, 0.05) is 17.3 Å². The van der Waals surface area contributed by atoms with Crippen LogP contribution in [-0.2, 0) is 0 Å². The lowest BCUT2D eigenvalue weighted by Crippen LogP contribution is -2.30. The molecule has 2 aromatic rings. The van der Waals surface area contributed by atoms with Crippen LogP contribution in [0.15, 0.2) is 30.3 Å². The van der Waals surface area contributed by atoms with E-state index in [1.165, 1.54) is 61.8 Å². The first kappa shape index (κ1) is 16.1. The van der Waals surface area contributed by atoms with Crippen molar-refractivity contribution in [3.05, 3.63) is 36.0 Å². The topological polar surface area (TPSA) is 19.0 Å². The zero-order chi connectivity index (χ0) is 15.1. The minimum absolute atomic E-state index is 0.524. The van der Waals surface area contributed by atoms with E-state index >= 15 is 0 Å². The van der Waals surface area contributed by atoms with Crippen LogP contribution in [0.4, 0.5) is 0 Å². The molecule has 21 heavy (non-hydrogen) atoms. The number of hydrogen-bond acceptors (Lipinski definition) is 1. The molecule has 0 saturated heterocycles. The minimum atomic E-state index is 0.524. The molecule has 0 fully saturated rings. The van der Waals surface area contributed by atoms with Gasteiger partial charge in [-0.3, -0.25) is 4.90 Å². The molecule has 2 heteroatoms. The highest BCUT2D eigenvalue weighted by molar-refractivity contribution is 5.80. The Labute approximate surface area is 129 Å². The number of nitrogens with zero attached hydrogens (tertiary/aromatic N) is 1. The first-order valence-corrected chi connectivity index (χ1v) is 8.61. The van der Waals surface area contributed by atoms with Gasteiger partial charge in [-0.2, -0.15) is 0 Å². The number of para-hydroxylation sites is 1. The maximum atomic E-state index is 3.64. The molecule has 0 bridgehead atoms. The SMILES string of the molecule is CCCCN(CCCC)C(CC)c1cc2ccccc2[nH]1. The van der Waals surface area contributed by atoms with Crippen molar-refractivity contribution >= 4 is 10.9 Å². The third kappa shape index (κ3) is 4.10. The van der Waals surface area contributed by atoms with Crippen LogP contribution in [0, 0.1) is 0 Å². The first-order chi connectivity index (χ1) is 10.3. The van der Waals surface area contributed by atoms with E-state index in [0.717, 1.165) is 0 Å². The summed E-state index contributed by atoms with van der Waals surface area (Å²) in [6, 6.07) is 11.5. The summed E-state index contributed by atoms with van der Waals surface area (Å²) in [6.07, 6.45) is 6.29. The molecule has 1 aromatic heterocycles. The number of H-pyrrole nitrogens is 1. The molecule has 0 saturated carbocycles. The summed E-state index contributed by atoms with van der Waals surface area (Å²) in [5.41, 5.74) is 2.64. The van der Waals surface area contributed by atoms with Crippen molar-refractivity contribution in [2.24, 2.45) is 0 Å². The second-order valence-electron chi connectivity index (χ2n) is 5.98. The first-order valence-electron chi connectivity index (χ1n) is 8.61. The van der Waals surface area contributed by atoms with Gasteiger partial charge in [-0.05, 0) is 49.9 Å². The quantitative estimate of drug-likeness (QED) is 0.643. The molecule has 1 aromatic carbocycles. The molecule has 2 rings (SSSR count). The number of hydrogen-bond donors (Lipinski definition) is 1. The van der Waals surface area contributed by atoms with Crippen LogP contribution in [0.2, 0.25) is 0 Å². The minimum Gasteiger partial charge on any atom is -0.357 e. The van der Waals surface area contributed by atoms with Crippen molar-refractivity contribution in [2.75, 3.05) is 13.1 Å². The molecule has 116 valence electrons. The third-order valence-corrected chi connectivity index (χ3v) is 4.34. The van der Waals surface area contributed by atoms with Gasteiger partial charge in [0.15, 0.2) is 0 Å².